The van der Waals surface area contributed by atoms with Gasteiger partial charge in [0.2, 0.25) is 0 Å². The van der Waals surface area contributed by atoms with Crippen molar-refractivity contribution in [1.82, 2.24) is 19.7 Å². The summed E-state index contributed by atoms with van der Waals surface area (Å²) in [5.41, 5.74) is 5.57. The zero-order valence-electron chi connectivity index (χ0n) is 36.3. The monoisotopic (exact) mass is 838 g/mol. The van der Waals surface area contributed by atoms with Crippen molar-refractivity contribution in [2.75, 3.05) is 54.1 Å². The minimum Gasteiger partial charge on any atom is -0.493 e. The Morgan fingerprint density at radius 1 is 0.750 bits per heavy atom. The van der Waals surface area contributed by atoms with Gasteiger partial charge in [-0.1, -0.05) is 37.1 Å². The van der Waals surface area contributed by atoms with Crippen LogP contribution in [-0.2, 0) is 13.2 Å². The molecule has 0 bridgehead atoms. The molecule has 2 aromatic carbocycles. The molecule has 7 rings (SSSR count). The fourth-order valence-corrected chi connectivity index (χ4v) is 7.98. The van der Waals surface area contributed by atoms with E-state index in [9.17, 15) is 9.59 Å². The molecular weight excluding hydrogens is 781 g/mol. The van der Waals surface area contributed by atoms with E-state index in [2.05, 4.69) is 43.5 Å². The maximum absolute atomic E-state index is 13.6. The number of hydrogen-bond acceptors (Lipinski definition) is 12. The van der Waals surface area contributed by atoms with Gasteiger partial charge in [-0.15, -0.1) is 0 Å². The summed E-state index contributed by atoms with van der Waals surface area (Å²) >= 11 is 4.67. The summed E-state index contributed by atoms with van der Waals surface area (Å²) in [6.07, 6.45) is 9.34. The molecule has 1 aromatic heterocycles. The lowest BCUT2D eigenvalue weighted by Gasteiger charge is -2.25. The molecule has 2 fully saturated rings. The highest BCUT2D eigenvalue weighted by molar-refractivity contribution is 7.81. The summed E-state index contributed by atoms with van der Waals surface area (Å²) in [6, 6.07) is 10.4. The smallest absolute Gasteiger partial charge is 0.257 e. The molecular formula is C46H58N6O7S. The molecule has 60 heavy (non-hydrogen) atoms. The highest BCUT2D eigenvalue weighted by Crippen LogP contribution is 2.41. The van der Waals surface area contributed by atoms with Crippen LogP contribution in [-0.4, -0.2) is 115 Å². The largest absolute Gasteiger partial charge is 0.493 e. The number of aliphatic imine (C=N–C) groups is 2. The number of allylic oxidation sites excluding steroid dienone is 2. The first-order valence-electron chi connectivity index (χ1n) is 20.6. The van der Waals surface area contributed by atoms with Gasteiger partial charge in [-0.3, -0.25) is 24.6 Å². The molecule has 5 heterocycles. The molecule has 3 aromatic rings. The third kappa shape index (κ3) is 10.2. The van der Waals surface area contributed by atoms with E-state index in [1.165, 1.54) is 11.1 Å². The number of rotatable bonds is 14. The third-order valence-electron chi connectivity index (χ3n) is 10.7. The van der Waals surface area contributed by atoms with Gasteiger partial charge in [-0.2, -0.15) is 12.6 Å². The van der Waals surface area contributed by atoms with Crippen molar-refractivity contribution in [2.45, 2.75) is 84.4 Å². The predicted molar refractivity (Wildman–Crippen MR) is 239 cm³/mol. The number of fused-ring (bicyclic) bond motifs is 4. The Hall–Kier alpha value is -5.34. The molecule has 1 unspecified atom stereocenters. The highest BCUT2D eigenvalue weighted by atomic mass is 32.1. The Bertz CT molecular complexity index is 2060. The lowest BCUT2D eigenvalue weighted by molar-refractivity contribution is 0.0769. The standard InChI is InChI=1S/C44H52N6O7S.C2H6/c1-8-27-12-31-20-45-36-18-40(38(53-6)16-34(36)42(51)49(31)22-27)56-24-29-14-33(55-11-10-48(5)26-44(3,4)58)15-30(47-29)25-57-41-19-37-35(17-39(41)54-7)43(52)50-23-28(9-2)13-32(50)21-46-37;1-2/h8-9,14-21,31-32,58H,10-13,22-26H2,1-7H3;1-2H3/b27-8+,28-9+;/t31-,32?;/m0./s1. The van der Waals surface area contributed by atoms with Gasteiger partial charge in [0.25, 0.3) is 11.8 Å². The van der Waals surface area contributed by atoms with Crippen LogP contribution >= 0.6 is 12.6 Å². The van der Waals surface area contributed by atoms with Crippen LogP contribution in [0.5, 0.6) is 28.7 Å². The van der Waals surface area contributed by atoms with Crippen LogP contribution in [0.25, 0.3) is 0 Å². The van der Waals surface area contributed by atoms with Gasteiger partial charge in [0.1, 0.15) is 25.6 Å². The Kier molecular flexibility index (Phi) is 14.3. The minimum atomic E-state index is -0.148. The molecule has 0 aliphatic carbocycles. The summed E-state index contributed by atoms with van der Waals surface area (Å²) in [5, 5.41) is 0. The van der Waals surface area contributed by atoms with Crippen LogP contribution in [0, 0.1) is 0 Å². The normalized spacial score (nSPS) is 19.3. The first-order chi connectivity index (χ1) is 28.9. The molecule has 2 saturated heterocycles. The zero-order valence-corrected chi connectivity index (χ0v) is 37.2. The van der Waals surface area contributed by atoms with Crippen molar-refractivity contribution >= 4 is 48.2 Å². The number of carbonyl (C=O) groups excluding carboxylic acids is 2. The SMILES string of the molecule is C/C=C1\CC2C=Nc3cc(OCc4cc(OCCN(C)CC(C)(C)S)cc(COc5cc6c(cc5OC)C(=O)N5C/C(=C/C)C[C@H]5C=N6)n4)c(OC)cc3C(=O)N2C1.CC. The number of likely N-dealkylation sites (N-methyl/N-ethyl adjacent to an activating group) is 1. The van der Waals surface area contributed by atoms with E-state index >= 15 is 0 Å². The summed E-state index contributed by atoms with van der Waals surface area (Å²) < 4.78 is 30.2. The second-order valence-electron chi connectivity index (χ2n) is 15.7. The Morgan fingerprint density at radius 3 is 1.63 bits per heavy atom. The number of nitrogens with zero attached hydrogens (tertiary/aromatic N) is 6. The average Bonchev–Trinajstić information content (AvgIpc) is 3.81. The van der Waals surface area contributed by atoms with Crippen LogP contribution in [0.2, 0.25) is 0 Å². The molecule has 320 valence electrons. The van der Waals surface area contributed by atoms with Gasteiger partial charge in [-0.25, -0.2) is 0 Å². The van der Waals surface area contributed by atoms with Crippen molar-refractivity contribution in [3.05, 3.63) is 82.2 Å². The summed E-state index contributed by atoms with van der Waals surface area (Å²) in [5.74, 6) is 2.10. The van der Waals surface area contributed by atoms with Crippen molar-refractivity contribution in [3.63, 3.8) is 0 Å². The Labute approximate surface area is 359 Å². The number of pyridine rings is 1. The molecule has 0 saturated carbocycles. The Morgan fingerprint density at radius 2 is 1.22 bits per heavy atom. The van der Waals surface area contributed by atoms with E-state index in [0.29, 0.717) is 88.9 Å². The number of hydrogen-bond donors (Lipinski definition) is 1. The van der Waals surface area contributed by atoms with E-state index in [4.69, 9.17) is 38.7 Å². The van der Waals surface area contributed by atoms with Gasteiger partial charge in [0, 0.05) is 67.6 Å². The zero-order chi connectivity index (χ0) is 43.1. The van der Waals surface area contributed by atoms with Crippen LogP contribution in [0.1, 0.15) is 86.5 Å². The number of aromatic nitrogens is 1. The maximum atomic E-state index is 13.6. The second-order valence-corrected chi connectivity index (χ2v) is 16.9. The summed E-state index contributed by atoms with van der Waals surface area (Å²) in [7, 11) is 5.13. The number of benzene rings is 2. The van der Waals surface area contributed by atoms with E-state index in [0.717, 1.165) is 19.4 Å². The topological polar surface area (TPSA) is 128 Å². The number of ether oxygens (including phenoxy) is 5. The molecule has 2 amide bonds. The summed E-state index contributed by atoms with van der Waals surface area (Å²) in [4.78, 5) is 47.4. The van der Waals surface area contributed by atoms with Crippen molar-refractivity contribution < 1.29 is 33.3 Å². The second kappa shape index (κ2) is 19.4. The first kappa shape index (κ1) is 44.2. The molecule has 0 spiro atoms. The molecule has 0 radical (unpaired) electrons. The van der Waals surface area contributed by atoms with Crippen LogP contribution in [0.3, 0.4) is 0 Å². The van der Waals surface area contributed by atoms with Crippen LogP contribution in [0.4, 0.5) is 11.4 Å². The number of amides is 2. The van der Waals surface area contributed by atoms with Crippen molar-refractivity contribution in [3.8, 4) is 28.7 Å². The lowest BCUT2D eigenvalue weighted by Crippen LogP contribution is -2.35. The quantitative estimate of drug-likeness (QED) is 0.127. The fourth-order valence-electron chi connectivity index (χ4n) is 7.74. The number of methoxy groups -OCH3 is 2. The van der Waals surface area contributed by atoms with Gasteiger partial charge in [0.15, 0.2) is 23.0 Å². The first-order valence-corrected chi connectivity index (χ1v) is 21.0. The van der Waals surface area contributed by atoms with E-state index in [1.54, 1.807) is 38.5 Å². The Balaban J connectivity index is 0.00000297. The minimum absolute atomic E-state index is 0.0652. The lowest BCUT2D eigenvalue weighted by atomic mass is 10.1. The molecule has 0 N–H and O–H groups in total. The maximum Gasteiger partial charge on any atom is 0.257 e. The van der Waals surface area contributed by atoms with Gasteiger partial charge in [0.05, 0.1) is 60.2 Å². The summed E-state index contributed by atoms with van der Waals surface area (Å²) in [6.45, 7) is 15.3. The van der Waals surface area contributed by atoms with Gasteiger partial charge < -0.3 is 38.4 Å². The average molecular weight is 839 g/mol. The molecule has 2 atom stereocenters. The van der Waals surface area contributed by atoms with Gasteiger partial charge >= 0.3 is 0 Å². The van der Waals surface area contributed by atoms with E-state index in [1.807, 2.05) is 69.1 Å². The van der Waals surface area contributed by atoms with Crippen molar-refractivity contribution in [2.24, 2.45) is 9.98 Å². The van der Waals surface area contributed by atoms with E-state index in [-0.39, 0.29) is 41.9 Å². The molecule has 13 nitrogen and oxygen atoms in total. The fraction of sp³-hybridized carbons (Fsp3) is 0.457. The molecule has 14 heteroatoms. The van der Waals surface area contributed by atoms with Gasteiger partial charge in [-0.05, 0) is 59.7 Å². The van der Waals surface area contributed by atoms with Crippen molar-refractivity contribution in [1.29, 1.82) is 0 Å². The molecule has 4 aliphatic heterocycles. The number of thiol groups is 1. The van der Waals surface area contributed by atoms with Crippen LogP contribution < -0.4 is 23.7 Å². The highest BCUT2D eigenvalue weighted by Gasteiger charge is 2.36. The molecule has 4 aliphatic rings. The third-order valence-corrected chi connectivity index (χ3v) is 10.8. The number of carbonyl (C=O) groups is 2. The predicted octanol–water partition coefficient (Wildman–Crippen LogP) is 8.06. The van der Waals surface area contributed by atoms with E-state index < -0.39 is 0 Å². The van der Waals surface area contributed by atoms with Crippen LogP contribution in [0.15, 0.2) is 69.7 Å².